The number of aryl methyl sites for hydroxylation is 1. The molecule has 186 valence electrons. The summed E-state index contributed by atoms with van der Waals surface area (Å²) in [6.45, 7) is 4.21. The number of halogens is 1. The Balaban J connectivity index is 1.81. The summed E-state index contributed by atoms with van der Waals surface area (Å²) in [6.07, 6.45) is 0. The standard InChI is InChI=1S/C32H29FN2O2/c1-20-28(23-13-9-6-10-14-23)26(35(4)21(2)22-11-7-5-8-12-22)19-27-29(20)30(32(36)34-3)31(37-27)24-15-17-25(33)18-16-24/h5-19,21H,1-4H3,(H,34,36). The Kier molecular flexibility index (Phi) is 6.53. The van der Waals surface area contributed by atoms with Crippen molar-refractivity contribution < 1.29 is 13.6 Å². The van der Waals surface area contributed by atoms with Gasteiger partial charge in [-0.15, -0.1) is 0 Å². The van der Waals surface area contributed by atoms with Gasteiger partial charge in [-0.2, -0.15) is 0 Å². The number of furan rings is 1. The summed E-state index contributed by atoms with van der Waals surface area (Å²) in [5.74, 6) is -0.172. The van der Waals surface area contributed by atoms with Crippen LogP contribution in [0.4, 0.5) is 10.1 Å². The first-order chi connectivity index (χ1) is 17.9. The minimum Gasteiger partial charge on any atom is -0.455 e. The molecule has 0 fully saturated rings. The average molecular weight is 493 g/mol. The second-order valence-corrected chi connectivity index (χ2v) is 9.22. The smallest absolute Gasteiger partial charge is 0.255 e. The van der Waals surface area contributed by atoms with Crippen LogP contribution in [0.1, 0.15) is 34.5 Å². The van der Waals surface area contributed by atoms with Gasteiger partial charge in [0.05, 0.1) is 11.6 Å². The zero-order chi connectivity index (χ0) is 26.1. The first-order valence-electron chi connectivity index (χ1n) is 12.3. The van der Waals surface area contributed by atoms with Crippen molar-refractivity contribution in [2.24, 2.45) is 0 Å². The quantitative estimate of drug-likeness (QED) is 0.263. The maximum atomic E-state index is 13.7. The van der Waals surface area contributed by atoms with Crippen molar-refractivity contribution in [3.8, 4) is 22.5 Å². The van der Waals surface area contributed by atoms with E-state index in [9.17, 15) is 9.18 Å². The molecule has 1 N–H and O–H groups in total. The number of rotatable bonds is 6. The molecule has 0 radical (unpaired) electrons. The number of fused-ring (bicyclic) bond motifs is 1. The fourth-order valence-corrected chi connectivity index (χ4v) is 4.99. The van der Waals surface area contributed by atoms with Crippen molar-refractivity contribution in [1.82, 2.24) is 5.32 Å². The third kappa shape index (κ3) is 4.38. The molecule has 1 amide bonds. The van der Waals surface area contributed by atoms with Crippen molar-refractivity contribution in [1.29, 1.82) is 0 Å². The maximum Gasteiger partial charge on any atom is 0.255 e. The highest BCUT2D eigenvalue weighted by Gasteiger charge is 2.27. The molecule has 4 nitrogen and oxygen atoms in total. The number of hydrogen-bond acceptors (Lipinski definition) is 3. The van der Waals surface area contributed by atoms with Crippen molar-refractivity contribution >= 4 is 22.6 Å². The lowest BCUT2D eigenvalue weighted by Crippen LogP contribution is -2.22. The van der Waals surface area contributed by atoms with E-state index >= 15 is 0 Å². The summed E-state index contributed by atoms with van der Waals surface area (Å²) in [4.78, 5) is 15.4. The number of carbonyl (C=O) groups is 1. The van der Waals surface area contributed by atoms with Crippen molar-refractivity contribution in [2.45, 2.75) is 19.9 Å². The average Bonchev–Trinajstić information content (AvgIpc) is 3.33. The molecule has 0 aliphatic rings. The SMILES string of the molecule is CNC(=O)c1c(-c2ccc(F)cc2)oc2cc(N(C)C(C)c3ccccc3)c(-c3ccccc3)c(C)c12. The van der Waals surface area contributed by atoms with E-state index in [0.29, 0.717) is 22.5 Å². The molecule has 5 rings (SSSR count). The Morgan fingerprint density at radius 3 is 2.16 bits per heavy atom. The fourth-order valence-electron chi connectivity index (χ4n) is 4.99. The van der Waals surface area contributed by atoms with Crippen LogP contribution in [0.25, 0.3) is 33.4 Å². The summed E-state index contributed by atoms with van der Waals surface area (Å²) >= 11 is 0. The number of nitrogens with zero attached hydrogens (tertiary/aromatic N) is 1. The fraction of sp³-hybridized carbons (Fsp3) is 0.156. The van der Waals surface area contributed by atoms with Gasteiger partial charge in [-0.25, -0.2) is 4.39 Å². The number of carbonyl (C=O) groups excluding carboxylic acids is 1. The van der Waals surface area contributed by atoms with E-state index in [1.807, 2.05) is 49.4 Å². The lowest BCUT2D eigenvalue weighted by atomic mass is 9.92. The number of anilines is 1. The zero-order valence-corrected chi connectivity index (χ0v) is 21.4. The molecule has 1 atom stereocenters. The van der Waals surface area contributed by atoms with E-state index in [0.717, 1.165) is 27.8 Å². The summed E-state index contributed by atoms with van der Waals surface area (Å²) in [5, 5.41) is 3.51. The van der Waals surface area contributed by atoms with Crippen molar-refractivity contribution in [2.75, 3.05) is 19.0 Å². The molecular formula is C32H29FN2O2. The first kappa shape index (κ1) is 24.3. The van der Waals surface area contributed by atoms with Crippen LogP contribution in [0.15, 0.2) is 95.4 Å². The van der Waals surface area contributed by atoms with E-state index in [4.69, 9.17) is 4.42 Å². The Bertz CT molecular complexity index is 1560. The van der Waals surface area contributed by atoms with E-state index in [1.165, 1.54) is 17.7 Å². The monoisotopic (exact) mass is 492 g/mol. The van der Waals surface area contributed by atoms with Gasteiger partial charge in [-0.1, -0.05) is 60.7 Å². The van der Waals surface area contributed by atoms with E-state index in [2.05, 4.69) is 48.5 Å². The van der Waals surface area contributed by atoms with Gasteiger partial charge in [-0.3, -0.25) is 4.79 Å². The summed E-state index contributed by atoms with van der Waals surface area (Å²) < 4.78 is 20.1. The number of benzene rings is 4. The molecule has 0 saturated heterocycles. The van der Waals surface area contributed by atoms with Crippen LogP contribution in [0, 0.1) is 12.7 Å². The van der Waals surface area contributed by atoms with E-state index < -0.39 is 0 Å². The molecule has 0 aliphatic carbocycles. The Hall–Kier alpha value is -4.38. The molecule has 0 bridgehead atoms. The third-order valence-electron chi connectivity index (χ3n) is 7.08. The largest absolute Gasteiger partial charge is 0.455 e. The maximum absolute atomic E-state index is 13.7. The molecule has 1 unspecified atom stereocenters. The molecule has 1 heterocycles. The van der Waals surface area contributed by atoms with E-state index in [1.54, 1.807) is 19.2 Å². The van der Waals surface area contributed by atoms with Crippen molar-refractivity contribution in [3.63, 3.8) is 0 Å². The zero-order valence-electron chi connectivity index (χ0n) is 21.4. The predicted molar refractivity (Wildman–Crippen MR) is 148 cm³/mol. The molecule has 5 aromatic rings. The third-order valence-corrected chi connectivity index (χ3v) is 7.08. The van der Waals surface area contributed by atoms with Gasteiger partial charge in [0.1, 0.15) is 17.2 Å². The summed E-state index contributed by atoms with van der Waals surface area (Å²) in [6, 6.07) is 28.7. The highest BCUT2D eigenvalue weighted by molar-refractivity contribution is 6.14. The highest BCUT2D eigenvalue weighted by atomic mass is 19.1. The molecule has 0 spiro atoms. The number of nitrogens with one attached hydrogen (secondary N) is 1. The molecule has 1 aromatic heterocycles. The van der Waals surface area contributed by atoms with Gasteiger partial charge >= 0.3 is 0 Å². The van der Waals surface area contributed by atoms with Crippen LogP contribution in [-0.4, -0.2) is 20.0 Å². The molecule has 4 aromatic carbocycles. The number of hydrogen-bond donors (Lipinski definition) is 1. The van der Waals surface area contributed by atoms with Crippen LogP contribution >= 0.6 is 0 Å². The number of amides is 1. The van der Waals surface area contributed by atoms with Crippen molar-refractivity contribution in [3.05, 3.63) is 114 Å². The summed E-state index contributed by atoms with van der Waals surface area (Å²) in [5.41, 5.74) is 6.92. The summed E-state index contributed by atoms with van der Waals surface area (Å²) in [7, 11) is 3.68. The second-order valence-electron chi connectivity index (χ2n) is 9.22. The Morgan fingerprint density at radius 2 is 1.54 bits per heavy atom. The normalized spacial score (nSPS) is 11.9. The van der Waals surface area contributed by atoms with Gasteiger partial charge < -0.3 is 14.6 Å². The minimum absolute atomic E-state index is 0.0884. The Morgan fingerprint density at radius 1 is 0.919 bits per heavy atom. The lowest BCUT2D eigenvalue weighted by Gasteiger charge is -2.30. The van der Waals surface area contributed by atoms with Crippen LogP contribution in [-0.2, 0) is 0 Å². The predicted octanol–water partition coefficient (Wildman–Crippen LogP) is 7.77. The molecule has 5 heteroatoms. The molecule has 0 saturated carbocycles. The van der Waals surface area contributed by atoms with Gasteiger partial charge in [0.25, 0.3) is 5.91 Å². The van der Waals surface area contributed by atoms with Crippen LogP contribution in [0.5, 0.6) is 0 Å². The molecule has 0 aliphatic heterocycles. The van der Waals surface area contributed by atoms with Crippen LogP contribution in [0.3, 0.4) is 0 Å². The minimum atomic E-state index is -0.345. The second kappa shape index (κ2) is 9.94. The highest BCUT2D eigenvalue weighted by Crippen LogP contribution is 2.45. The van der Waals surface area contributed by atoms with Gasteiger partial charge in [0.15, 0.2) is 0 Å². The first-order valence-corrected chi connectivity index (χ1v) is 12.3. The van der Waals surface area contributed by atoms with Gasteiger partial charge in [0.2, 0.25) is 0 Å². The topological polar surface area (TPSA) is 45.5 Å². The molecule has 37 heavy (non-hydrogen) atoms. The van der Waals surface area contributed by atoms with Crippen LogP contribution in [0.2, 0.25) is 0 Å². The van der Waals surface area contributed by atoms with Gasteiger partial charge in [-0.05, 0) is 54.8 Å². The van der Waals surface area contributed by atoms with Crippen LogP contribution < -0.4 is 10.2 Å². The lowest BCUT2D eigenvalue weighted by molar-refractivity contribution is 0.0964. The molecular weight excluding hydrogens is 463 g/mol. The van der Waals surface area contributed by atoms with Gasteiger partial charge in [0, 0.05) is 42.4 Å². The van der Waals surface area contributed by atoms with E-state index in [-0.39, 0.29) is 17.8 Å². The Labute approximate surface area is 216 Å².